The molecule has 5 heteroatoms. The Morgan fingerprint density at radius 2 is 2.15 bits per heavy atom. The smallest absolute Gasteiger partial charge is 0.251 e. The molecule has 1 amide bonds. The molecular formula is C21H24N4O. The molecule has 0 radical (unpaired) electrons. The zero-order valence-corrected chi connectivity index (χ0v) is 15.5. The molecule has 1 aliphatic rings. The average Bonchev–Trinajstić information content (AvgIpc) is 2.65. The van der Waals surface area contributed by atoms with Crippen LogP contribution >= 0.6 is 0 Å². The van der Waals surface area contributed by atoms with Gasteiger partial charge in [0.15, 0.2) is 0 Å². The molecule has 0 fully saturated rings. The molecule has 134 valence electrons. The van der Waals surface area contributed by atoms with E-state index in [9.17, 15) is 4.79 Å². The molecule has 3 rings (SSSR count). The van der Waals surface area contributed by atoms with Crippen molar-refractivity contribution < 1.29 is 4.79 Å². The summed E-state index contributed by atoms with van der Waals surface area (Å²) in [4.78, 5) is 20.5. The van der Waals surface area contributed by atoms with Crippen LogP contribution in [0.15, 0.2) is 35.5 Å². The summed E-state index contributed by atoms with van der Waals surface area (Å²) in [6.07, 6.45) is 6.86. The molecule has 0 unspecified atom stereocenters. The number of aromatic nitrogens is 1. The standard InChI is InChI=1S/C21H24N4O/c1-13-14(2)17-6-9-24-21(26)18(17)11-16(13)10-15-4-5-20(25-12-15)19(22)7-8-23-3/h4-5,7-8,11-12H,6,9-10,22H2,1-3H3,(H,24,26)/b19-7-,23-8?. The molecule has 1 aromatic carbocycles. The van der Waals surface area contributed by atoms with Crippen LogP contribution in [0.3, 0.4) is 0 Å². The molecule has 3 N–H and O–H groups in total. The first-order valence-electron chi connectivity index (χ1n) is 8.74. The third kappa shape index (κ3) is 3.52. The number of hydrogen-bond acceptors (Lipinski definition) is 4. The van der Waals surface area contributed by atoms with Gasteiger partial charge in [0.05, 0.1) is 11.4 Å². The summed E-state index contributed by atoms with van der Waals surface area (Å²) in [6.45, 7) is 4.96. The second-order valence-electron chi connectivity index (χ2n) is 6.58. The lowest BCUT2D eigenvalue weighted by molar-refractivity contribution is 0.0945. The van der Waals surface area contributed by atoms with E-state index < -0.39 is 0 Å². The Morgan fingerprint density at radius 3 is 2.85 bits per heavy atom. The van der Waals surface area contributed by atoms with Gasteiger partial charge in [0, 0.05) is 31.6 Å². The number of fused-ring (bicyclic) bond motifs is 1. The van der Waals surface area contributed by atoms with Gasteiger partial charge in [-0.15, -0.1) is 0 Å². The van der Waals surface area contributed by atoms with Crippen LogP contribution in [0.2, 0.25) is 0 Å². The highest BCUT2D eigenvalue weighted by molar-refractivity contribution is 5.97. The van der Waals surface area contributed by atoms with E-state index in [0.717, 1.165) is 35.2 Å². The Bertz CT molecular complexity index is 895. The number of carbonyl (C=O) groups excluding carboxylic acids is 1. The fourth-order valence-electron chi connectivity index (χ4n) is 3.30. The number of pyridine rings is 1. The zero-order chi connectivity index (χ0) is 18.7. The van der Waals surface area contributed by atoms with Crippen LogP contribution in [-0.2, 0) is 12.8 Å². The first-order chi connectivity index (χ1) is 12.5. The average molecular weight is 348 g/mol. The summed E-state index contributed by atoms with van der Waals surface area (Å²) in [7, 11) is 1.70. The Kier molecular flexibility index (Phi) is 5.16. The van der Waals surface area contributed by atoms with E-state index in [1.54, 1.807) is 19.3 Å². The molecular weight excluding hydrogens is 324 g/mol. The van der Waals surface area contributed by atoms with Crippen LogP contribution in [0.5, 0.6) is 0 Å². The molecule has 5 nitrogen and oxygen atoms in total. The van der Waals surface area contributed by atoms with Crippen LogP contribution in [0.4, 0.5) is 0 Å². The Labute approximate surface area is 154 Å². The molecule has 0 spiro atoms. The zero-order valence-electron chi connectivity index (χ0n) is 15.5. The fourth-order valence-corrected chi connectivity index (χ4v) is 3.30. The molecule has 0 saturated carbocycles. The van der Waals surface area contributed by atoms with Crippen molar-refractivity contribution >= 4 is 17.8 Å². The monoisotopic (exact) mass is 348 g/mol. The van der Waals surface area contributed by atoms with Crippen molar-refractivity contribution in [3.05, 3.63) is 69.5 Å². The maximum absolute atomic E-state index is 12.2. The lowest BCUT2D eigenvalue weighted by Gasteiger charge is -2.22. The van der Waals surface area contributed by atoms with Crippen LogP contribution in [0.25, 0.3) is 5.70 Å². The third-order valence-electron chi connectivity index (χ3n) is 4.96. The number of rotatable bonds is 4. The van der Waals surface area contributed by atoms with E-state index in [1.807, 2.05) is 24.4 Å². The van der Waals surface area contributed by atoms with Gasteiger partial charge in [-0.3, -0.25) is 14.8 Å². The van der Waals surface area contributed by atoms with E-state index >= 15 is 0 Å². The topological polar surface area (TPSA) is 80.4 Å². The van der Waals surface area contributed by atoms with E-state index in [4.69, 9.17) is 5.73 Å². The van der Waals surface area contributed by atoms with Crippen molar-refractivity contribution in [2.75, 3.05) is 13.6 Å². The number of hydrogen-bond donors (Lipinski definition) is 2. The van der Waals surface area contributed by atoms with Crippen LogP contribution in [0.1, 0.15) is 43.9 Å². The molecule has 1 aliphatic heterocycles. The van der Waals surface area contributed by atoms with E-state index in [2.05, 4.69) is 29.1 Å². The van der Waals surface area contributed by atoms with Gasteiger partial charge in [0.1, 0.15) is 0 Å². The van der Waals surface area contributed by atoms with Gasteiger partial charge < -0.3 is 11.1 Å². The van der Waals surface area contributed by atoms with Gasteiger partial charge in [0.25, 0.3) is 5.91 Å². The SMILES string of the molecule is CN=C/C=C(\N)c1ccc(Cc2cc3c(c(C)c2C)CCNC3=O)cn1. The summed E-state index contributed by atoms with van der Waals surface area (Å²) < 4.78 is 0. The van der Waals surface area contributed by atoms with Crippen molar-refractivity contribution in [2.45, 2.75) is 26.7 Å². The largest absolute Gasteiger partial charge is 0.397 e. The Balaban J connectivity index is 1.89. The number of benzene rings is 1. The highest BCUT2D eigenvalue weighted by atomic mass is 16.1. The number of nitrogens with two attached hydrogens (primary N) is 1. The number of nitrogens with zero attached hydrogens (tertiary/aromatic N) is 2. The van der Waals surface area contributed by atoms with Gasteiger partial charge in [-0.1, -0.05) is 6.07 Å². The minimum atomic E-state index is 0.0274. The van der Waals surface area contributed by atoms with Gasteiger partial charge in [0.2, 0.25) is 0 Å². The van der Waals surface area contributed by atoms with Crippen LogP contribution in [0, 0.1) is 13.8 Å². The summed E-state index contributed by atoms with van der Waals surface area (Å²) in [6, 6.07) is 5.98. The van der Waals surface area contributed by atoms with Crippen LogP contribution in [-0.4, -0.2) is 30.7 Å². The lowest BCUT2D eigenvalue weighted by atomic mass is 9.87. The fraction of sp³-hybridized carbons (Fsp3) is 0.286. The second-order valence-corrected chi connectivity index (χ2v) is 6.58. The van der Waals surface area contributed by atoms with Gasteiger partial charge >= 0.3 is 0 Å². The predicted molar refractivity (Wildman–Crippen MR) is 106 cm³/mol. The Morgan fingerprint density at radius 1 is 1.35 bits per heavy atom. The van der Waals surface area contributed by atoms with Crippen LogP contribution < -0.4 is 11.1 Å². The minimum Gasteiger partial charge on any atom is -0.397 e. The summed E-state index contributed by atoms with van der Waals surface area (Å²) >= 11 is 0. The third-order valence-corrected chi connectivity index (χ3v) is 4.96. The molecule has 0 bridgehead atoms. The van der Waals surface area contributed by atoms with Crippen molar-refractivity contribution in [3.63, 3.8) is 0 Å². The molecule has 2 aromatic rings. The van der Waals surface area contributed by atoms with Gasteiger partial charge in [-0.05, 0) is 72.7 Å². The number of nitrogens with one attached hydrogen (secondary N) is 1. The van der Waals surface area contributed by atoms with Gasteiger partial charge in [-0.2, -0.15) is 0 Å². The summed E-state index contributed by atoms with van der Waals surface area (Å²) in [5, 5.41) is 2.93. The number of amides is 1. The normalized spacial score (nSPS) is 14.4. The van der Waals surface area contributed by atoms with Crippen molar-refractivity contribution in [1.29, 1.82) is 0 Å². The minimum absolute atomic E-state index is 0.0274. The van der Waals surface area contributed by atoms with E-state index in [1.165, 1.54) is 16.7 Å². The molecule has 0 atom stereocenters. The van der Waals surface area contributed by atoms with Crippen molar-refractivity contribution in [3.8, 4) is 0 Å². The van der Waals surface area contributed by atoms with E-state index in [-0.39, 0.29) is 5.91 Å². The highest BCUT2D eigenvalue weighted by Crippen LogP contribution is 2.26. The Hall–Kier alpha value is -2.95. The summed E-state index contributed by atoms with van der Waals surface area (Å²) in [5.74, 6) is 0.0274. The lowest BCUT2D eigenvalue weighted by Crippen LogP contribution is -2.32. The molecule has 1 aromatic heterocycles. The number of aliphatic imine (C=N–C) groups is 1. The molecule has 2 heterocycles. The first-order valence-corrected chi connectivity index (χ1v) is 8.74. The van der Waals surface area contributed by atoms with Crippen molar-refractivity contribution in [2.24, 2.45) is 10.7 Å². The van der Waals surface area contributed by atoms with E-state index in [0.29, 0.717) is 12.2 Å². The first kappa shape index (κ1) is 17.9. The molecule has 0 saturated heterocycles. The number of carbonyl (C=O) groups is 1. The quantitative estimate of drug-likeness (QED) is 0.834. The molecule has 0 aliphatic carbocycles. The highest BCUT2D eigenvalue weighted by Gasteiger charge is 2.21. The molecule has 26 heavy (non-hydrogen) atoms. The van der Waals surface area contributed by atoms with Gasteiger partial charge in [-0.25, -0.2) is 0 Å². The summed E-state index contributed by atoms with van der Waals surface area (Å²) in [5.41, 5.74) is 14.0. The van der Waals surface area contributed by atoms with Crippen molar-refractivity contribution in [1.82, 2.24) is 10.3 Å². The second kappa shape index (κ2) is 7.52. The maximum Gasteiger partial charge on any atom is 0.251 e. The number of allylic oxidation sites excluding steroid dienone is 1. The maximum atomic E-state index is 12.2. The predicted octanol–water partition coefficient (Wildman–Crippen LogP) is 2.58.